The number of hydrogen-bond acceptors (Lipinski definition) is 2. The van der Waals surface area contributed by atoms with E-state index in [0.717, 1.165) is 13.1 Å². The molecule has 0 spiro atoms. The monoisotopic (exact) mass is 221 g/mol. The number of hydrogen-bond donors (Lipinski definition) is 1. The van der Waals surface area contributed by atoms with Crippen LogP contribution in [0.15, 0.2) is 12.5 Å². The maximum atomic E-state index is 4.32. The van der Waals surface area contributed by atoms with Crippen molar-refractivity contribution in [3.8, 4) is 0 Å². The highest BCUT2D eigenvalue weighted by Crippen LogP contribution is 2.25. The molecule has 0 radical (unpaired) electrons. The van der Waals surface area contributed by atoms with Gasteiger partial charge in [-0.25, -0.2) is 4.98 Å². The molecule has 2 rings (SSSR count). The SMILES string of the molecule is CC(C)(C)Cn1cncc1C1CCCNC1. The lowest BCUT2D eigenvalue weighted by molar-refractivity contribution is 0.329. The van der Waals surface area contributed by atoms with Crippen molar-refractivity contribution < 1.29 is 0 Å². The van der Waals surface area contributed by atoms with Gasteiger partial charge >= 0.3 is 0 Å². The minimum Gasteiger partial charge on any atom is -0.334 e. The Balaban J connectivity index is 2.11. The molecule has 3 heteroatoms. The Labute approximate surface area is 98.3 Å². The van der Waals surface area contributed by atoms with Gasteiger partial charge in [-0.2, -0.15) is 0 Å². The van der Waals surface area contributed by atoms with E-state index in [1.165, 1.54) is 25.1 Å². The Morgan fingerprint density at radius 3 is 2.94 bits per heavy atom. The van der Waals surface area contributed by atoms with Crippen molar-refractivity contribution in [2.24, 2.45) is 5.41 Å². The van der Waals surface area contributed by atoms with E-state index < -0.39 is 0 Å². The summed E-state index contributed by atoms with van der Waals surface area (Å²) >= 11 is 0. The van der Waals surface area contributed by atoms with Crippen molar-refractivity contribution in [2.75, 3.05) is 13.1 Å². The summed E-state index contributed by atoms with van der Waals surface area (Å²) < 4.78 is 2.33. The van der Waals surface area contributed by atoms with Crippen LogP contribution in [-0.4, -0.2) is 22.6 Å². The fraction of sp³-hybridized carbons (Fsp3) is 0.769. The summed E-state index contributed by atoms with van der Waals surface area (Å²) in [5, 5.41) is 3.47. The van der Waals surface area contributed by atoms with Crippen LogP contribution in [0.5, 0.6) is 0 Å². The third-order valence-corrected chi connectivity index (χ3v) is 3.10. The fourth-order valence-electron chi connectivity index (χ4n) is 2.42. The van der Waals surface area contributed by atoms with Crippen LogP contribution in [0, 0.1) is 5.41 Å². The Kier molecular flexibility index (Phi) is 3.33. The number of piperidine rings is 1. The highest BCUT2D eigenvalue weighted by Gasteiger charge is 2.20. The van der Waals surface area contributed by atoms with E-state index in [2.05, 4.69) is 35.6 Å². The summed E-state index contributed by atoms with van der Waals surface area (Å²) in [7, 11) is 0. The number of nitrogens with zero attached hydrogens (tertiary/aromatic N) is 2. The van der Waals surface area contributed by atoms with Crippen LogP contribution >= 0.6 is 0 Å². The summed E-state index contributed by atoms with van der Waals surface area (Å²) in [5.74, 6) is 0.651. The second-order valence-corrected chi connectivity index (χ2v) is 6.05. The summed E-state index contributed by atoms with van der Waals surface area (Å²) in [5.41, 5.74) is 1.72. The lowest BCUT2D eigenvalue weighted by atomic mass is 9.94. The lowest BCUT2D eigenvalue weighted by Gasteiger charge is -2.26. The van der Waals surface area contributed by atoms with Gasteiger partial charge in [-0.05, 0) is 24.8 Å². The Morgan fingerprint density at radius 2 is 2.31 bits per heavy atom. The molecule has 1 aliphatic heterocycles. The van der Waals surface area contributed by atoms with E-state index in [1.807, 2.05) is 12.5 Å². The molecule has 1 N–H and O–H groups in total. The van der Waals surface area contributed by atoms with Crippen LogP contribution in [0.2, 0.25) is 0 Å². The molecule has 0 aliphatic carbocycles. The average Bonchev–Trinajstić information content (AvgIpc) is 2.64. The van der Waals surface area contributed by atoms with Crippen LogP contribution in [0.4, 0.5) is 0 Å². The predicted molar refractivity (Wildman–Crippen MR) is 66.5 cm³/mol. The average molecular weight is 221 g/mol. The van der Waals surface area contributed by atoms with Gasteiger partial charge in [-0.3, -0.25) is 0 Å². The molecular formula is C13H23N3. The zero-order valence-corrected chi connectivity index (χ0v) is 10.7. The van der Waals surface area contributed by atoms with Crippen LogP contribution in [0.1, 0.15) is 45.2 Å². The zero-order valence-electron chi connectivity index (χ0n) is 10.7. The molecule has 90 valence electrons. The van der Waals surface area contributed by atoms with Gasteiger partial charge in [0.25, 0.3) is 0 Å². The van der Waals surface area contributed by atoms with Crippen molar-refractivity contribution in [1.29, 1.82) is 0 Å². The van der Waals surface area contributed by atoms with E-state index in [1.54, 1.807) is 0 Å². The molecule has 16 heavy (non-hydrogen) atoms. The van der Waals surface area contributed by atoms with Gasteiger partial charge in [0, 0.05) is 30.9 Å². The quantitative estimate of drug-likeness (QED) is 0.831. The molecule has 1 aromatic heterocycles. The molecule has 0 bridgehead atoms. The minimum absolute atomic E-state index is 0.317. The fourth-order valence-corrected chi connectivity index (χ4v) is 2.42. The second-order valence-electron chi connectivity index (χ2n) is 6.05. The summed E-state index contributed by atoms with van der Waals surface area (Å²) in [6.45, 7) is 10.2. The molecule has 1 unspecified atom stereocenters. The molecule has 1 fully saturated rings. The van der Waals surface area contributed by atoms with E-state index in [-0.39, 0.29) is 0 Å². The minimum atomic E-state index is 0.317. The smallest absolute Gasteiger partial charge is 0.0948 e. The van der Waals surface area contributed by atoms with Crippen molar-refractivity contribution in [1.82, 2.24) is 14.9 Å². The summed E-state index contributed by atoms with van der Waals surface area (Å²) in [6, 6.07) is 0. The molecular weight excluding hydrogens is 198 g/mol. The first kappa shape index (κ1) is 11.6. The Morgan fingerprint density at radius 1 is 1.50 bits per heavy atom. The predicted octanol–water partition coefficient (Wildman–Crippen LogP) is 2.40. The molecule has 0 saturated carbocycles. The maximum Gasteiger partial charge on any atom is 0.0948 e. The van der Waals surface area contributed by atoms with Gasteiger partial charge in [-0.1, -0.05) is 20.8 Å². The molecule has 2 heterocycles. The van der Waals surface area contributed by atoms with E-state index in [0.29, 0.717) is 11.3 Å². The standard InChI is InChI=1S/C13H23N3/c1-13(2,3)9-16-10-15-8-12(16)11-5-4-6-14-7-11/h8,10-11,14H,4-7,9H2,1-3H3. The molecule has 1 atom stereocenters. The number of imidazole rings is 1. The van der Waals surface area contributed by atoms with Gasteiger partial charge < -0.3 is 9.88 Å². The van der Waals surface area contributed by atoms with Crippen LogP contribution in [0.25, 0.3) is 0 Å². The van der Waals surface area contributed by atoms with Gasteiger partial charge in [-0.15, -0.1) is 0 Å². The zero-order chi connectivity index (χ0) is 11.6. The molecule has 0 amide bonds. The van der Waals surface area contributed by atoms with Crippen molar-refractivity contribution in [2.45, 2.75) is 46.1 Å². The van der Waals surface area contributed by atoms with E-state index >= 15 is 0 Å². The molecule has 1 aliphatic rings. The van der Waals surface area contributed by atoms with Gasteiger partial charge in [0.05, 0.1) is 6.33 Å². The first-order valence-corrected chi connectivity index (χ1v) is 6.27. The van der Waals surface area contributed by atoms with E-state index in [9.17, 15) is 0 Å². The number of rotatable bonds is 2. The van der Waals surface area contributed by atoms with Crippen LogP contribution < -0.4 is 5.32 Å². The van der Waals surface area contributed by atoms with Crippen molar-refractivity contribution >= 4 is 0 Å². The largest absolute Gasteiger partial charge is 0.334 e. The van der Waals surface area contributed by atoms with Crippen molar-refractivity contribution in [3.05, 3.63) is 18.2 Å². The highest BCUT2D eigenvalue weighted by atomic mass is 15.1. The first-order valence-electron chi connectivity index (χ1n) is 6.27. The highest BCUT2D eigenvalue weighted by molar-refractivity contribution is 5.08. The van der Waals surface area contributed by atoms with Crippen molar-refractivity contribution in [3.63, 3.8) is 0 Å². The third-order valence-electron chi connectivity index (χ3n) is 3.10. The Hall–Kier alpha value is -0.830. The molecule has 1 aromatic rings. The molecule has 3 nitrogen and oxygen atoms in total. The second kappa shape index (κ2) is 4.58. The molecule has 1 saturated heterocycles. The summed E-state index contributed by atoms with van der Waals surface area (Å²) in [4.78, 5) is 4.32. The third kappa shape index (κ3) is 2.85. The van der Waals surface area contributed by atoms with Crippen LogP contribution in [-0.2, 0) is 6.54 Å². The maximum absolute atomic E-state index is 4.32. The number of nitrogens with one attached hydrogen (secondary N) is 1. The van der Waals surface area contributed by atoms with Gasteiger partial charge in [0.1, 0.15) is 0 Å². The Bertz CT molecular complexity index is 329. The topological polar surface area (TPSA) is 29.9 Å². The van der Waals surface area contributed by atoms with E-state index in [4.69, 9.17) is 0 Å². The number of aromatic nitrogens is 2. The first-order chi connectivity index (χ1) is 7.56. The summed E-state index contributed by atoms with van der Waals surface area (Å²) in [6.07, 6.45) is 6.60. The normalized spacial score (nSPS) is 22.3. The van der Waals surface area contributed by atoms with Gasteiger partial charge in [0.15, 0.2) is 0 Å². The molecule has 0 aromatic carbocycles. The van der Waals surface area contributed by atoms with Gasteiger partial charge in [0.2, 0.25) is 0 Å². The lowest BCUT2D eigenvalue weighted by Crippen LogP contribution is -2.30. The van der Waals surface area contributed by atoms with Crippen LogP contribution in [0.3, 0.4) is 0 Å².